The van der Waals surface area contributed by atoms with E-state index in [1.165, 1.54) is 12.1 Å². The Kier molecular flexibility index (Phi) is 8.34. The maximum absolute atomic E-state index is 14.7. The van der Waals surface area contributed by atoms with Crippen LogP contribution in [0.5, 0.6) is 0 Å². The highest BCUT2D eigenvalue weighted by atomic mass is 19.4. The molecule has 0 amide bonds. The third-order valence-electron chi connectivity index (χ3n) is 11.0. The van der Waals surface area contributed by atoms with E-state index < -0.39 is 29.0 Å². The zero-order valence-electron chi connectivity index (χ0n) is 31.7. The second kappa shape index (κ2) is 13.1. The van der Waals surface area contributed by atoms with Crippen LogP contribution in [0.25, 0.3) is 77.2 Å². The van der Waals surface area contributed by atoms with Crippen LogP contribution in [0.1, 0.15) is 38.9 Å². The SMILES string of the molecule is Cc1ccc2c(c1)c1cc(C)ccc1n2-c1ccc(C#N)cc1-c1cc(-c2c(C(F)(F)F)cccc2C(F)(F)F)ccc1-n1c2ccc(C)cc2c2cc(C)ccc21. The summed E-state index contributed by atoms with van der Waals surface area (Å²) in [7, 11) is 0. The summed E-state index contributed by atoms with van der Waals surface area (Å²) >= 11 is 0. The van der Waals surface area contributed by atoms with Gasteiger partial charge >= 0.3 is 12.4 Å². The van der Waals surface area contributed by atoms with Gasteiger partial charge in [0.2, 0.25) is 0 Å². The maximum Gasteiger partial charge on any atom is 0.417 e. The molecule has 2 aromatic heterocycles. The van der Waals surface area contributed by atoms with Crippen molar-refractivity contribution in [2.75, 3.05) is 0 Å². The zero-order valence-corrected chi connectivity index (χ0v) is 31.7. The van der Waals surface area contributed by atoms with E-state index in [0.717, 1.165) is 71.9 Å². The lowest BCUT2D eigenvalue weighted by molar-refractivity contribution is -0.142. The van der Waals surface area contributed by atoms with E-state index in [1.54, 1.807) is 24.3 Å². The molecule has 0 spiro atoms. The van der Waals surface area contributed by atoms with Gasteiger partial charge < -0.3 is 9.13 Å². The summed E-state index contributed by atoms with van der Waals surface area (Å²) in [5.74, 6) is 0. The van der Waals surface area contributed by atoms with Crippen molar-refractivity contribution in [3.63, 3.8) is 0 Å². The van der Waals surface area contributed by atoms with Crippen LogP contribution in [0.2, 0.25) is 0 Å². The van der Waals surface area contributed by atoms with Gasteiger partial charge in [0.15, 0.2) is 0 Å². The minimum atomic E-state index is -5.09. The number of hydrogen-bond donors (Lipinski definition) is 0. The van der Waals surface area contributed by atoms with Gasteiger partial charge in [-0.3, -0.25) is 0 Å². The second-order valence-corrected chi connectivity index (χ2v) is 15.1. The van der Waals surface area contributed by atoms with Crippen LogP contribution in [-0.4, -0.2) is 9.13 Å². The van der Waals surface area contributed by atoms with Crippen molar-refractivity contribution in [3.8, 4) is 39.7 Å². The molecule has 0 bridgehead atoms. The predicted octanol–water partition coefficient (Wildman–Crippen LogP) is 14.4. The van der Waals surface area contributed by atoms with Crippen LogP contribution >= 0.6 is 0 Å². The van der Waals surface area contributed by atoms with Gasteiger partial charge in [-0.25, -0.2) is 0 Å². The number of hydrogen-bond acceptors (Lipinski definition) is 1. The van der Waals surface area contributed by atoms with Gasteiger partial charge in [-0.2, -0.15) is 31.6 Å². The van der Waals surface area contributed by atoms with Crippen molar-refractivity contribution in [1.82, 2.24) is 9.13 Å². The Bertz CT molecular complexity index is 3060. The van der Waals surface area contributed by atoms with Crippen LogP contribution in [-0.2, 0) is 12.4 Å². The quantitative estimate of drug-likeness (QED) is 0.164. The first-order chi connectivity index (χ1) is 27.6. The van der Waals surface area contributed by atoms with Crippen LogP contribution < -0.4 is 0 Å². The Labute approximate surface area is 329 Å². The Hall–Kier alpha value is -6.79. The first kappa shape index (κ1) is 36.8. The van der Waals surface area contributed by atoms with Gasteiger partial charge in [-0.05, 0) is 124 Å². The molecule has 7 aromatic carbocycles. The predicted molar refractivity (Wildman–Crippen MR) is 220 cm³/mol. The number of nitriles is 1. The fourth-order valence-electron chi connectivity index (χ4n) is 8.48. The van der Waals surface area contributed by atoms with Gasteiger partial charge in [-0.15, -0.1) is 0 Å². The van der Waals surface area contributed by atoms with E-state index in [2.05, 4.69) is 34.9 Å². The molecule has 0 fully saturated rings. The molecule has 0 N–H and O–H groups in total. The first-order valence-corrected chi connectivity index (χ1v) is 18.6. The average molecular weight is 778 g/mol. The number of aromatic nitrogens is 2. The Morgan fingerprint density at radius 3 is 1.21 bits per heavy atom. The Morgan fingerprint density at radius 2 is 0.828 bits per heavy atom. The van der Waals surface area contributed by atoms with Crippen LogP contribution in [0.4, 0.5) is 26.3 Å². The van der Waals surface area contributed by atoms with Crippen molar-refractivity contribution in [3.05, 3.63) is 166 Å². The van der Waals surface area contributed by atoms with E-state index in [-0.39, 0.29) is 11.1 Å². The summed E-state index contributed by atoms with van der Waals surface area (Å²) in [6, 6.07) is 38.1. The minimum Gasteiger partial charge on any atom is -0.309 e. The standard InChI is InChI=1S/C49H33F6N3/c1-27-8-14-41-33(20-27)34-21-28(2)9-15-42(34)57(41)45-18-12-31(26-56)24-37(45)38-25-32(47-39(48(50,51)52)6-5-7-40(47)49(53,54)55)13-19-46(38)58-43-16-10-29(3)22-35(43)36-23-30(4)11-17-44(36)58/h5-25H,1-4H3. The molecular formula is C49H33F6N3. The van der Waals surface area contributed by atoms with E-state index in [1.807, 2.05) is 80.8 Å². The average Bonchev–Trinajstić information content (AvgIpc) is 3.67. The summed E-state index contributed by atoms with van der Waals surface area (Å²) < 4.78 is 92.5. The molecule has 0 saturated carbocycles. The number of aryl methyl sites for hydroxylation is 4. The summed E-state index contributed by atoms with van der Waals surface area (Å²) in [5.41, 5.74) is 5.54. The van der Waals surface area contributed by atoms with Crippen LogP contribution in [0.3, 0.4) is 0 Å². The molecule has 286 valence electrons. The molecule has 0 saturated heterocycles. The van der Waals surface area contributed by atoms with Gasteiger partial charge in [0.25, 0.3) is 0 Å². The van der Waals surface area contributed by atoms with E-state index in [9.17, 15) is 31.6 Å². The maximum atomic E-state index is 14.7. The van der Waals surface area contributed by atoms with Crippen molar-refractivity contribution in [2.24, 2.45) is 0 Å². The molecule has 0 aliphatic carbocycles. The molecule has 0 aliphatic heterocycles. The van der Waals surface area contributed by atoms with Crippen LogP contribution in [0.15, 0.2) is 127 Å². The van der Waals surface area contributed by atoms with E-state index >= 15 is 0 Å². The van der Waals surface area contributed by atoms with Gasteiger partial charge in [-0.1, -0.05) is 58.7 Å². The topological polar surface area (TPSA) is 33.6 Å². The number of nitrogens with zero attached hydrogens (tertiary/aromatic N) is 3. The third-order valence-corrected chi connectivity index (χ3v) is 11.0. The van der Waals surface area contributed by atoms with Crippen molar-refractivity contribution >= 4 is 43.6 Å². The normalized spacial score (nSPS) is 12.3. The molecule has 0 radical (unpaired) electrons. The number of alkyl halides is 6. The van der Waals surface area contributed by atoms with Crippen molar-refractivity contribution in [1.29, 1.82) is 5.26 Å². The Balaban J connectivity index is 1.47. The van der Waals surface area contributed by atoms with Gasteiger partial charge in [0, 0.05) is 38.2 Å². The third kappa shape index (κ3) is 5.90. The summed E-state index contributed by atoms with van der Waals surface area (Å²) in [6.07, 6.45) is -10.2. The molecule has 0 atom stereocenters. The molecule has 9 rings (SSSR count). The fourth-order valence-corrected chi connectivity index (χ4v) is 8.48. The van der Waals surface area contributed by atoms with Gasteiger partial charge in [0.1, 0.15) is 0 Å². The molecule has 3 nitrogen and oxygen atoms in total. The highest BCUT2D eigenvalue weighted by Gasteiger charge is 2.41. The van der Waals surface area contributed by atoms with Crippen molar-refractivity contribution < 1.29 is 26.3 Å². The lowest BCUT2D eigenvalue weighted by Gasteiger charge is -2.22. The summed E-state index contributed by atoms with van der Waals surface area (Å²) in [6.45, 7) is 7.99. The number of benzene rings is 7. The molecule has 9 aromatic rings. The van der Waals surface area contributed by atoms with Gasteiger partial charge in [0.05, 0.1) is 56.2 Å². The second-order valence-electron chi connectivity index (χ2n) is 15.1. The number of rotatable bonds is 4. The zero-order chi connectivity index (χ0) is 40.8. The largest absolute Gasteiger partial charge is 0.417 e. The Morgan fingerprint density at radius 1 is 0.448 bits per heavy atom. The molecule has 0 unspecified atom stereocenters. The fraction of sp³-hybridized carbons (Fsp3) is 0.122. The molecule has 58 heavy (non-hydrogen) atoms. The summed E-state index contributed by atoms with van der Waals surface area (Å²) in [5, 5.41) is 14.1. The molecule has 0 aliphatic rings. The van der Waals surface area contributed by atoms with E-state index in [0.29, 0.717) is 34.6 Å². The minimum absolute atomic E-state index is 0.266. The molecular weight excluding hydrogens is 745 g/mol. The highest BCUT2D eigenvalue weighted by Crippen LogP contribution is 2.48. The first-order valence-electron chi connectivity index (χ1n) is 18.6. The lowest BCUT2D eigenvalue weighted by atomic mass is 9.90. The monoisotopic (exact) mass is 777 g/mol. The number of halogens is 6. The number of fused-ring (bicyclic) bond motifs is 6. The van der Waals surface area contributed by atoms with Crippen molar-refractivity contribution in [2.45, 2.75) is 40.0 Å². The lowest BCUT2D eigenvalue weighted by Crippen LogP contribution is -2.14. The van der Waals surface area contributed by atoms with E-state index in [4.69, 9.17) is 0 Å². The molecule has 2 heterocycles. The highest BCUT2D eigenvalue weighted by molar-refractivity contribution is 6.12. The summed E-state index contributed by atoms with van der Waals surface area (Å²) in [4.78, 5) is 0. The smallest absolute Gasteiger partial charge is 0.309 e. The van der Waals surface area contributed by atoms with Crippen LogP contribution in [0, 0.1) is 39.0 Å². The molecule has 9 heteroatoms.